The van der Waals surface area contributed by atoms with Gasteiger partial charge in [-0.3, -0.25) is 19.7 Å². The summed E-state index contributed by atoms with van der Waals surface area (Å²) < 4.78 is 35.7. The summed E-state index contributed by atoms with van der Waals surface area (Å²) in [7, 11) is 3.58. The summed E-state index contributed by atoms with van der Waals surface area (Å²) >= 11 is 18.1. The molecule has 6 aromatic carbocycles. The molecule has 96 heavy (non-hydrogen) atoms. The summed E-state index contributed by atoms with van der Waals surface area (Å²) in [6.07, 6.45) is 4.64. The van der Waals surface area contributed by atoms with Crippen LogP contribution in [0.4, 0.5) is 0 Å². The molecule has 8 aromatic heterocycles. The molecule has 0 bridgehead atoms. The number of rotatable bonds is 11. The number of aromatic nitrogens is 10. The SMILES string of the molecule is CCOC(=O)CCc1nc2ccc(I)cc2n1C.COCOCc1cc2cc(I)ccc2o1.Cc1ccc2cc(Br)ccc2n1.Cc1ccc2nc(Br)ccc2n1.Cc1cnc2cc(I)ccc2n1.Cc1ncc2cc(I)ccc2n1.OCCOc1ccc2cc(I)ccc2n1. The van der Waals surface area contributed by atoms with E-state index in [1.165, 1.54) is 23.2 Å². The maximum absolute atomic E-state index is 11.3. The smallest absolute Gasteiger partial charge is 0.306 e. The Labute approximate surface area is 641 Å². The Balaban J connectivity index is 0.000000144. The van der Waals surface area contributed by atoms with Gasteiger partial charge in [-0.05, 0) is 315 Å². The normalized spacial score (nSPS) is 10.7. The molecule has 0 fully saturated rings. The van der Waals surface area contributed by atoms with Crippen LogP contribution in [0.25, 0.3) is 76.8 Å². The standard InChI is InChI=1S/C13H15IN2O2.C11H10INO2.C11H11IO3.C10H8BrN.C9H7BrN2.2C9H7IN2/c1-3-18-13(17)7-6-12-15-10-5-4-9(14)8-11(10)16(12)2;12-9-2-3-10-8(7-9)1-4-11(13-10)15-6-5-14;1-13-7-14-6-10-5-8-4-9(12)2-3-11(8)15-10;1-7-2-3-8-6-9(11)4-5-10(8)12-7;1-6-2-3-8-7(11-6)4-5-9(10)12-8;1-6-11-5-7-4-8(10)2-3-9(7)12-6;1-6-5-11-9-4-7(10)2-3-8(9)12-6/h4-5,8H,3,6-7H2,1-2H3;1-4,7,14H,5-6H2;2-5H,6-7H2,1H3;2-6H,1H3;3*2-5H,1H3. The molecular weight excluding hydrogens is 1910 g/mol. The minimum Gasteiger partial charge on any atom is -0.475 e. The van der Waals surface area contributed by atoms with Crippen LogP contribution in [-0.4, -0.2) is 94.2 Å². The molecule has 0 unspecified atom stereocenters. The van der Waals surface area contributed by atoms with Crippen molar-refractivity contribution in [2.24, 2.45) is 7.05 Å². The van der Waals surface area contributed by atoms with Crippen molar-refractivity contribution in [2.45, 2.75) is 54.1 Å². The molecule has 17 nitrogen and oxygen atoms in total. The van der Waals surface area contributed by atoms with Crippen LogP contribution >= 0.6 is 145 Å². The second-order valence-electron chi connectivity index (χ2n) is 20.9. The van der Waals surface area contributed by atoms with Crippen molar-refractivity contribution in [3.05, 3.63) is 238 Å². The van der Waals surface area contributed by atoms with Crippen LogP contribution in [0.5, 0.6) is 5.88 Å². The Morgan fingerprint density at radius 2 is 1.10 bits per heavy atom. The predicted octanol–water partition coefficient (Wildman–Crippen LogP) is 19.1. The fourth-order valence-corrected chi connectivity index (χ4v) is 12.2. The van der Waals surface area contributed by atoms with Gasteiger partial charge in [0.1, 0.15) is 47.6 Å². The van der Waals surface area contributed by atoms with Crippen LogP contribution in [0.1, 0.15) is 47.8 Å². The molecule has 14 aromatic rings. The lowest BCUT2D eigenvalue weighted by atomic mass is 10.2. The number of carbonyl (C=O) groups excluding carboxylic acids is 1. The molecular formula is C72H65Br2I5N10O7. The number of carbonyl (C=O) groups is 1. The van der Waals surface area contributed by atoms with E-state index >= 15 is 0 Å². The number of aliphatic hydroxyl groups excluding tert-OH is 1. The number of nitrogens with zero attached hydrogens (tertiary/aromatic N) is 10. The zero-order valence-corrected chi connectivity index (χ0v) is 67.2. The van der Waals surface area contributed by atoms with E-state index in [0.717, 1.165) is 115 Å². The van der Waals surface area contributed by atoms with Crippen LogP contribution in [-0.2, 0) is 39.1 Å². The van der Waals surface area contributed by atoms with Crippen molar-refractivity contribution in [2.75, 3.05) is 33.7 Å². The first-order chi connectivity index (χ1) is 46.2. The lowest BCUT2D eigenvalue weighted by Gasteiger charge is -2.04. The first-order valence-electron chi connectivity index (χ1n) is 29.7. The minimum absolute atomic E-state index is 0.00635. The number of fused-ring (bicyclic) bond motifs is 7. The number of methoxy groups -OCH3 is 1. The summed E-state index contributed by atoms with van der Waals surface area (Å²) in [5.74, 6) is 2.95. The average Bonchev–Trinajstić information content (AvgIpc) is 1.65. The molecule has 24 heteroatoms. The van der Waals surface area contributed by atoms with Gasteiger partial charge in [-0.2, -0.15) is 0 Å². The molecule has 0 aliphatic heterocycles. The van der Waals surface area contributed by atoms with E-state index in [4.69, 9.17) is 28.5 Å². The zero-order valence-electron chi connectivity index (χ0n) is 53.2. The summed E-state index contributed by atoms with van der Waals surface area (Å²) in [5.41, 5.74) is 12.8. The Morgan fingerprint density at radius 1 is 0.542 bits per heavy atom. The van der Waals surface area contributed by atoms with Gasteiger partial charge in [0.25, 0.3) is 0 Å². The van der Waals surface area contributed by atoms with Gasteiger partial charge in [-0.1, -0.05) is 22.0 Å². The molecule has 0 saturated heterocycles. The van der Waals surface area contributed by atoms with Crippen molar-refractivity contribution >= 4 is 228 Å². The van der Waals surface area contributed by atoms with Gasteiger partial charge < -0.3 is 33.0 Å². The van der Waals surface area contributed by atoms with Gasteiger partial charge >= 0.3 is 5.97 Å². The second-order valence-corrected chi connectivity index (χ2v) is 28.9. The lowest BCUT2D eigenvalue weighted by molar-refractivity contribution is -0.143. The highest BCUT2D eigenvalue weighted by molar-refractivity contribution is 14.1. The van der Waals surface area contributed by atoms with Crippen LogP contribution in [0.15, 0.2) is 190 Å². The van der Waals surface area contributed by atoms with Crippen molar-refractivity contribution in [3.63, 3.8) is 0 Å². The van der Waals surface area contributed by atoms with Gasteiger partial charge in [-0.15, -0.1) is 0 Å². The third kappa shape index (κ3) is 24.0. The number of halogens is 7. The van der Waals surface area contributed by atoms with Gasteiger partial charge in [0.05, 0.1) is 75.0 Å². The third-order valence-electron chi connectivity index (χ3n) is 13.5. The van der Waals surface area contributed by atoms with Crippen LogP contribution in [0, 0.1) is 45.5 Å². The van der Waals surface area contributed by atoms with E-state index in [1.54, 1.807) is 13.3 Å². The molecule has 0 spiro atoms. The van der Waals surface area contributed by atoms with Crippen molar-refractivity contribution < 1.29 is 33.3 Å². The van der Waals surface area contributed by atoms with Gasteiger partial charge in [0.15, 0.2) is 0 Å². The number of hydrogen-bond acceptors (Lipinski definition) is 16. The Kier molecular flexibility index (Phi) is 30.4. The highest BCUT2D eigenvalue weighted by Gasteiger charge is 2.11. The second kappa shape index (κ2) is 38.5. The molecule has 0 radical (unpaired) electrons. The molecule has 1 N–H and O–H groups in total. The Bertz CT molecular complexity index is 4440. The van der Waals surface area contributed by atoms with E-state index in [0.29, 0.717) is 31.9 Å². The molecule has 0 saturated carbocycles. The topological polar surface area (TPSA) is 208 Å². The van der Waals surface area contributed by atoms with Gasteiger partial charge in [0.2, 0.25) is 5.88 Å². The number of aliphatic hydroxyl groups is 1. The average molecular weight is 1980 g/mol. The number of esters is 1. The minimum atomic E-state index is -0.167. The molecule has 0 amide bonds. The molecule has 8 heterocycles. The van der Waals surface area contributed by atoms with Crippen molar-refractivity contribution in [3.8, 4) is 5.88 Å². The van der Waals surface area contributed by atoms with Gasteiger partial charge in [0, 0.05) is 94.3 Å². The van der Waals surface area contributed by atoms with Gasteiger partial charge in [-0.25, -0.2) is 29.9 Å². The number of pyridine rings is 4. The van der Waals surface area contributed by atoms with Crippen molar-refractivity contribution in [1.29, 1.82) is 0 Å². The number of hydrogen-bond donors (Lipinski definition) is 1. The maximum Gasteiger partial charge on any atom is 0.306 e. The fourth-order valence-electron chi connectivity index (χ4n) is 9.02. The predicted molar refractivity (Wildman–Crippen MR) is 431 cm³/mol. The molecule has 494 valence electrons. The summed E-state index contributed by atoms with van der Waals surface area (Å²) in [4.78, 5) is 50.3. The summed E-state index contributed by atoms with van der Waals surface area (Å²) in [6, 6.07) is 54.2. The van der Waals surface area contributed by atoms with E-state index in [1.807, 2.05) is 174 Å². The maximum atomic E-state index is 11.3. The summed E-state index contributed by atoms with van der Waals surface area (Å²) in [5, 5.41) is 13.1. The first-order valence-corrected chi connectivity index (χ1v) is 36.7. The highest BCUT2D eigenvalue weighted by atomic mass is 127. The molecule has 0 aliphatic rings. The third-order valence-corrected chi connectivity index (χ3v) is 17.8. The van der Waals surface area contributed by atoms with Crippen molar-refractivity contribution in [1.82, 2.24) is 49.4 Å². The molecule has 0 aliphatic carbocycles. The van der Waals surface area contributed by atoms with E-state index in [2.05, 4.69) is 232 Å². The number of aryl methyl sites for hydroxylation is 6. The monoisotopic (exact) mass is 1970 g/mol. The van der Waals surface area contributed by atoms with Crippen LogP contribution < -0.4 is 4.74 Å². The number of furan rings is 1. The number of imidazole rings is 1. The lowest BCUT2D eigenvalue weighted by Crippen LogP contribution is -2.07. The highest BCUT2D eigenvalue weighted by Crippen LogP contribution is 2.25. The van der Waals surface area contributed by atoms with Crippen LogP contribution in [0.3, 0.4) is 0 Å². The largest absolute Gasteiger partial charge is 0.475 e. The first kappa shape index (κ1) is 75.9. The fraction of sp³-hybridized carbons (Fsp3) is 0.194. The Morgan fingerprint density at radius 3 is 1.83 bits per heavy atom. The molecule has 0 atom stereocenters. The van der Waals surface area contributed by atoms with E-state index < -0.39 is 0 Å². The van der Waals surface area contributed by atoms with E-state index in [-0.39, 0.29) is 26.0 Å². The summed E-state index contributed by atoms with van der Waals surface area (Å²) in [6.45, 7) is 11.1. The Hall–Kier alpha value is -5.85. The van der Waals surface area contributed by atoms with Crippen LogP contribution in [0.2, 0.25) is 0 Å². The van der Waals surface area contributed by atoms with E-state index in [9.17, 15) is 4.79 Å². The zero-order chi connectivity index (χ0) is 68.7. The number of ether oxygens (including phenoxy) is 4. The quantitative estimate of drug-likeness (QED) is 0.0420. The number of benzene rings is 6. The molecule has 14 rings (SSSR count).